The molecule has 18 heavy (non-hydrogen) atoms. The number of rotatable bonds is 6. The molecule has 1 aromatic carbocycles. The molecule has 1 aliphatic rings. The minimum Gasteiger partial charge on any atom is -0.396 e. The van der Waals surface area contributed by atoms with Crippen LogP contribution in [0.3, 0.4) is 0 Å². The van der Waals surface area contributed by atoms with Gasteiger partial charge in [-0.2, -0.15) is 0 Å². The molecule has 0 amide bonds. The summed E-state index contributed by atoms with van der Waals surface area (Å²) in [6.45, 7) is 1.17. The highest BCUT2D eigenvalue weighted by Gasteiger charge is 2.18. The third kappa shape index (κ3) is 4.08. The first-order valence-corrected chi connectivity index (χ1v) is 7.54. The van der Waals surface area contributed by atoms with E-state index in [-0.39, 0.29) is 6.61 Å². The van der Waals surface area contributed by atoms with Gasteiger partial charge in [0, 0.05) is 17.7 Å². The van der Waals surface area contributed by atoms with Crippen molar-refractivity contribution in [2.24, 2.45) is 5.92 Å². The predicted octanol–water partition coefficient (Wildman–Crippen LogP) is 3.56. The molecule has 0 bridgehead atoms. The number of aliphatic hydroxyl groups excluding tert-OH is 1. The van der Waals surface area contributed by atoms with E-state index in [4.69, 9.17) is 4.74 Å². The topological polar surface area (TPSA) is 29.5 Å². The molecule has 1 fully saturated rings. The number of halogens is 1. The molecule has 0 spiro atoms. The second-order valence-electron chi connectivity index (χ2n) is 5.06. The smallest absolute Gasteiger partial charge is 0.0576 e. The lowest BCUT2D eigenvalue weighted by molar-refractivity contribution is 0.0932. The molecule has 1 saturated heterocycles. The lowest BCUT2D eigenvalue weighted by Crippen LogP contribution is -2.14. The molecule has 1 heterocycles. The summed E-state index contributed by atoms with van der Waals surface area (Å²) >= 11 is 3.57. The average molecular weight is 313 g/mol. The van der Waals surface area contributed by atoms with Crippen molar-refractivity contribution >= 4 is 15.9 Å². The lowest BCUT2D eigenvalue weighted by atomic mass is 9.94. The molecule has 2 unspecified atom stereocenters. The van der Waals surface area contributed by atoms with E-state index in [0.717, 1.165) is 30.3 Å². The van der Waals surface area contributed by atoms with Crippen LogP contribution in [-0.4, -0.2) is 24.4 Å². The fourth-order valence-electron chi connectivity index (χ4n) is 2.53. The van der Waals surface area contributed by atoms with Crippen LogP contribution in [0.15, 0.2) is 28.7 Å². The van der Waals surface area contributed by atoms with Gasteiger partial charge in [-0.05, 0) is 49.7 Å². The molecule has 3 heteroatoms. The van der Waals surface area contributed by atoms with Crippen molar-refractivity contribution in [1.29, 1.82) is 0 Å². The normalized spacial score (nSPS) is 21.1. The molecule has 0 aromatic heterocycles. The van der Waals surface area contributed by atoms with Gasteiger partial charge in [0.05, 0.1) is 6.10 Å². The Morgan fingerprint density at radius 1 is 1.39 bits per heavy atom. The van der Waals surface area contributed by atoms with Crippen molar-refractivity contribution in [2.75, 3.05) is 13.2 Å². The van der Waals surface area contributed by atoms with E-state index >= 15 is 0 Å². The molecule has 0 aliphatic carbocycles. The van der Waals surface area contributed by atoms with Crippen molar-refractivity contribution in [3.05, 3.63) is 34.3 Å². The highest BCUT2D eigenvalue weighted by atomic mass is 79.9. The molecule has 2 rings (SSSR count). The third-order valence-electron chi connectivity index (χ3n) is 3.65. The molecule has 1 aliphatic heterocycles. The third-order valence-corrected chi connectivity index (χ3v) is 4.42. The van der Waals surface area contributed by atoms with Crippen LogP contribution in [0.1, 0.15) is 31.2 Å². The number of benzene rings is 1. The summed E-state index contributed by atoms with van der Waals surface area (Å²) in [7, 11) is 0. The lowest BCUT2D eigenvalue weighted by Gasteiger charge is -2.17. The molecule has 2 atom stereocenters. The summed E-state index contributed by atoms with van der Waals surface area (Å²) in [6.07, 6.45) is 5.87. The Hall–Kier alpha value is -0.380. The highest BCUT2D eigenvalue weighted by Crippen LogP contribution is 2.24. The van der Waals surface area contributed by atoms with Crippen molar-refractivity contribution in [3.8, 4) is 0 Å². The summed E-state index contributed by atoms with van der Waals surface area (Å²) in [6, 6.07) is 8.26. The van der Waals surface area contributed by atoms with Crippen LogP contribution < -0.4 is 0 Å². The standard InChI is InChI=1S/C15H21BrO2/c16-15-6-2-1-4-13(15)10-12(11-17)7-8-14-5-3-9-18-14/h1-2,4,6,12,14,17H,3,5,7-11H2. The van der Waals surface area contributed by atoms with Crippen molar-refractivity contribution in [3.63, 3.8) is 0 Å². The van der Waals surface area contributed by atoms with E-state index in [1.165, 1.54) is 18.4 Å². The fraction of sp³-hybridized carbons (Fsp3) is 0.600. The van der Waals surface area contributed by atoms with Gasteiger partial charge in [0.25, 0.3) is 0 Å². The summed E-state index contributed by atoms with van der Waals surface area (Å²) in [5, 5.41) is 9.50. The maximum Gasteiger partial charge on any atom is 0.0576 e. The van der Waals surface area contributed by atoms with Gasteiger partial charge in [-0.3, -0.25) is 0 Å². The number of ether oxygens (including phenoxy) is 1. The monoisotopic (exact) mass is 312 g/mol. The van der Waals surface area contributed by atoms with E-state index in [9.17, 15) is 5.11 Å². The van der Waals surface area contributed by atoms with E-state index < -0.39 is 0 Å². The maximum absolute atomic E-state index is 9.50. The molecule has 0 saturated carbocycles. The van der Waals surface area contributed by atoms with Gasteiger partial charge in [-0.15, -0.1) is 0 Å². The number of hydrogen-bond acceptors (Lipinski definition) is 2. The fourth-order valence-corrected chi connectivity index (χ4v) is 2.97. The first-order chi connectivity index (χ1) is 8.79. The Labute approximate surface area is 117 Å². The van der Waals surface area contributed by atoms with Gasteiger partial charge in [-0.1, -0.05) is 34.1 Å². The van der Waals surface area contributed by atoms with Gasteiger partial charge >= 0.3 is 0 Å². The Kier molecular flexibility index (Phi) is 5.67. The van der Waals surface area contributed by atoms with Gasteiger partial charge in [0.1, 0.15) is 0 Å². The SMILES string of the molecule is OCC(CCC1CCCO1)Cc1ccccc1Br. The largest absolute Gasteiger partial charge is 0.396 e. The maximum atomic E-state index is 9.50. The molecule has 1 aromatic rings. The number of hydrogen-bond donors (Lipinski definition) is 1. The van der Waals surface area contributed by atoms with Crippen LogP contribution in [0.5, 0.6) is 0 Å². The second kappa shape index (κ2) is 7.27. The summed E-state index contributed by atoms with van der Waals surface area (Å²) < 4.78 is 6.77. The zero-order chi connectivity index (χ0) is 12.8. The minimum absolute atomic E-state index is 0.258. The van der Waals surface area contributed by atoms with Gasteiger partial charge in [0.2, 0.25) is 0 Å². The Morgan fingerprint density at radius 3 is 2.89 bits per heavy atom. The summed E-state index contributed by atoms with van der Waals surface area (Å²) in [5.74, 6) is 0.341. The van der Waals surface area contributed by atoms with Crippen LogP contribution in [0, 0.1) is 5.92 Å². The van der Waals surface area contributed by atoms with Crippen molar-refractivity contribution < 1.29 is 9.84 Å². The summed E-state index contributed by atoms with van der Waals surface area (Å²) in [5.41, 5.74) is 1.28. The molecular formula is C15H21BrO2. The van der Waals surface area contributed by atoms with E-state index in [0.29, 0.717) is 12.0 Å². The highest BCUT2D eigenvalue weighted by molar-refractivity contribution is 9.10. The zero-order valence-electron chi connectivity index (χ0n) is 10.6. The van der Waals surface area contributed by atoms with E-state index in [1.54, 1.807) is 0 Å². The van der Waals surface area contributed by atoms with E-state index in [2.05, 4.69) is 34.1 Å². The Balaban J connectivity index is 1.83. The van der Waals surface area contributed by atoms with Crippen molar-refractivity contribution in [1.82, 2.24) is 0 Å². The minimum atomic E-state index is 0.258. The van der Waals surface area contributed by atoms with Crippen LogP contribution in [0.4, 0.5) is 0 Å². The van der Waals surface area contributed by atoms with Crippen LogP contribution in [-0.2, 0) is 11.2 Å². The van der Waals surface area contributed by atoms with E-state index in [1.807, 2.05) is 6.07 Å². The molecule has 100 valence electrons. The molecule has 1 N–H and O–H groups in total. The second-order valence-corrected chi connectivity index (χ2v) is 5.91. The molecular weight excluding hydrogens is 292 g/mol. The molecule has 0 radical (unpaired) electrons. The van der Waals surface area contributed by atoms with Crippen LogP contribution in [0.2, 0.25) is 0 Å². The first-order valence-electron chi connectivity index (χ1n) is 6.75. The van der Waals surface area contributed by atoms with Gasteiger partial charge in [-0.25, -0.2) is 0 Å². The van der Waals surface area contributed by atoms with Crippen LogP contribution in [0.25, 0.3) is 0 Å². The summed E-state index contributed by atoms with van der Waals surface area (Å²) in [4.78, 5) is 0. The predicted molar refractivity (Wildman–Crippen MR) is 76.6 cm³/mol. The van der Waals surface area contributed by atoms with Gasteiger partial charge < -0.3 is 9.84 Å². The van der Waals surface area contributed by atoms with Gasteiger partial charge in [0.15, 0.2) is 0 Å². The Morgan fingerprint density at radius 2 is 2.22 bits per heavy atom. The first kappa shape index (κ1) is 14.0. The quantitative estimate of drug-likeness (QED) is 0.870. The van der Waals surface area contributed by atoms with Crippen molar-refractivity contribution in [2.45, 2.75) is 38.2 Å². The van der Waals surface area contributed by atoms with Crippen LogP contribution >= 0.6 is 15.9 Å². The zero-order valence-corrected chi connectivity index (χ0v) is 12.2. The Bertz CT molecular complexity index is 361. The average Bonchev–Trinajstić information content (AvgIpc) is 2.90. The molecule has 2 nitrogen and oxygen atoms in total. The number of aliphatic hydroxyl groups is 1.